The van der Waals surface area contributed by atoms with Gasteiger partial charge in [-0.25, -0.2) is 0 Å². The zero-order valence-electron chi connectivity index (χ0n) is 12.7. The zero-order chi connectivity index (χ0) is 16.2. The summed E-state index contributed by atoms with van der Waals surface area (Å²) in [5.41, 5.74) is 1.04. The minimum atomic E-state index is -4.42. The molecule has 2 rings (SSSR count). The molecule has 1 saturated heterocycles. The molecule has 23 heavy (non-hydrogen) atoms. The maximum absolute atomic E-state index is 12.3. The molecule has 0 saturated carbocycles. The minimum absolute atomic E-state index is 0. The lowest BCUT2D eigenvalue weighted by Crippen LogP contribution is -2.34. The van der Waals surface area contributed by atoms with Crippen molar-refractivity contribution in [3.8, 4) is 5.75 Å². The lowest BCUT2D eigenvalue weighted by Gasteiger charge is -2.22. The van der Waals surface area contributed by atoms with Crippen LogP contribution in [-0.2, 0) is 4.79 Å². The van der Waals surface area contributed by atoms with Crippen LogP contribution in [0.25, 0.3) is 0 Å². The predicted molar refractivity (Wildman–Crippen MR) is 84.2 cm³/mol. The molecule has 2 N–H and O–H groups in total. The molecule has 1 fully saturated rings. The van der Waals surface area contributed by atoms with Crippen molar-refractivity contribution in [1.29, 1.82) is 0 Å². The zero-order valence-corrected chi connectivity index (χ0v) is 13.5. The summed E-state index contributed by atoms with van der Waals surface area (Å²) in [6, 6.07) is 4.78. The second kappa shape index (κ2) is 8.40. The van der Waals surface area contributed by atoms with Crippen LogP contribution in [0.4, 0.5) is 18.9 Å². The van der Waals surface area contributed by atoms with Crippen LogP contribution in [0, 0.1) is 12.8 Å². The highest BCUT2D eigenvalue weighted by Crippen LogP contribution is 2.29. The number of aryl methyl sites for hydroxylation is 1. The van der Waals surface area contributed by atoms with Crippen molar-refractivity contribution >= 4 is 24.0 Å². The molecule has 1 aliphatic rings. The number of carbonyl (C=O) groups excluding carboxylic acids is 1. The molecule has 1 aromatic carbocycles. The van der Waals surface area contributed by atoms with Gasteiger partial charge in [-0.3, -0.25) is 4.79 Å². The van der Waals surface area contributed by atoms with E-state index in [2.05, 4.69) is 10.6 Å². The highest BCUT2D eigenvalue weighted by molar-refractivity contribution is 5.94. The minimum Gasteiger partial charge on any atom is -0.482 e. The molecular formula is C15H20ClF3N2O2. The van der Waals surface area contributed by atoms with Crippen LogP contribution in [-0.4, -0.2) is 31.8 Å². The molecule has 4 nitrogen and oxygen atoms in total. The van der Waals surface area contributed by atoms with Crippen molar-refractivity contribution in [2.75, 3.05) is 25.0 Å². The van der Waals surface area contributed by atoms with Gasteiger partial charge in [-0.05, 0) is 50.6 Å². The molecule has 0 aliphatic carbocycles. The number of halogens is 4. The van der Waals surface area contributed by atoms with Crippen molar-refractivity contribution in [3.05, 3.63) is 23.8 Å². The highest BCUT2D eigenvalue weighted by Gasteiger charge is 2.29. The number of hydrogen-bond acceptors (Lipinski definition) is 3. The Morgan fingerprint density at radius 2 is 2.00 bits per heavy atom. The molecule has 0 radical (unpaired) electrons. The molecule has 1 aliphatic heterocycles. The molecular weight excluding hydrogens is 333 g/mol. The van der Waals surface area contributed by atoms with Crippen molar-refractivity contribution < 1.29 is 22.7 Å². The van der Waals surface area contributed by atoms with Crippen LogP contribution >= 0.6 is 12.4 Å². The number of hydrogen-bond donors (Lipinski definition) is 2. The van der Waals surface area contributed by atoms with Gasteiger partial charge in [0.15, 0.2) is 6.61 Å². The number of rotatable bonds is 4. The molecule has 0 aromatic heterocycles. The highest BCUT2D eigenvalue weighted by atomic mass is 35.5. The van der Waals surface area contributed by atoms with Crippen LogP contribution in [0.15, 0.2) is 18.2 Å². The fraction of sp³-hybridized carbons (Fsp3) is 0.533. The summed E-state index contributed by atoms with van der Waals surface area (Å²) in [5.74, 6) is -0.264. The summed E-state index contributed by atoms with van der Waals surface area (Å²) in [6.45, 7) is 1.90. The normalized spacial score (nSPS) is 15.7. The Hall–Kier alpha value is -1.47. The molecule has 130 valence electrons. The van der Waals surface area contributed by atoms with Crippen molar-refractivity contribution in [3.63, 3.8) is 0 Å². The standard InChI is InChI=1S/C15H19F3N2O2.ClH/c1-10-2-3-12(13(8-10)22-9-15(16,17)18)20-14(21)11-4-6-19-7-5-11;/h2-3,8,11,19H,4-7,9H2,1H3,(H,20,21);1H. The quantitative estimate of drug-likeness (QED) is 0.874. The van der Waals surface area contributed by atoms with Gasteiger partial charge < -0.3 is 15.4 Å². The smallest absolute Gasteiger partial charge is 0.422 e. The van der Waals surface area contributed by atoms with E-state index in [1.807, 2.05) is 0 Å². The van der Waals surface area contributed by atoms with E-state index in [0.29, 0.717) is 0 Å². The Kier molecular flexibility index (Phi) is 7.15. The molecule has 0 atom stereocenters. The van der Waals surface area contributed by atoms with Gasteiger partial charge in [-0.2, -0.15) is 13.2 Å². The third-order valence-electron chi connectivity index (χ3n) is 3.50. The van der Waals surface area contributed by atoms with E-state index >= 15 is 0 Å². The number of anilines is 1. The second-order valence-electron chi connectivity index (χ2n) is 5.42. The van der Waals surface area contributed by atoms with Crippen molar-refractivity contribution in [2.24, 2.45) is 5.92 Å². The first-order chi connectivity index (χ1) is 10.3. The number of carbonyl (C=O) groups is 1. The van der Waals surface area contributed by atoms with Gasteiger partial charge in [0, 0.05) is 5.92 Å². The Balaban J connectivity index is 0.00000264. The Morgan fingerprint density at radius 3 is 2.61 bits per heavy atom. The Morgan fingerprint density at radius 1 is 1.35 bits per heavy atom. The topological polar surface area (TPSA) is 50.4 Å². The number of benzene rings is 1. The summed E-state index contributed by atoms with van der Waals surface area (Å²) < 4.78 is 41.7. The monoisotopic (exact) mass is 352 g/mol. The van der Waals surface area contributed by atoms with Gasteiger partial charge in [-0.1, -0.05) is 6.07 Å². The third kappa shape index (κ3) is 6.27. The average Bonchev–Trinajstić information content (AvgIpc) is 2.47. The van der Waals surface area contributed by atoms with Gasteiger partial charge in [-0.15, -0.1) is 12.4 Å². The fourth-order valence-electron chi connectivity index (χ4n) is 2.33. The van der Waals surface area contributed by atoms with Crippen LogP contribution in [0.3, 0.4) is 0 Å². The molecule has 0 spiro atoms. The first-order valence-electron chi connectivity index (χ1n) is 7.17. The van der Waals surface area contributed by atoms with E-state index in [4.69, 9.17) is 4.74 Å². The number of alkyl halides is 3. The van der Waals surface area contributed by atoms with E-state index in [-0.39, 0.29) is 35.7 Å². The summed E-state index contributed by atoms with van der Waals surface area (Å²) >= 11 is 0. The maximum Gasteiger partial charge on any atom is 0.422 e. The van der Waals surface area contributed by atoms with Gasteiger partial charge in [0.25, 0.3) is 0 Å². The first kappa shape index (κ1) is 19.6. The third-order valence-corrected chi connectivity index (χ3v) is 3.50. The summed E-state index contributed by atoms with van der Waals surface area (Å²) in [4.78, 5) is 12.2. The molecule has 0 bridgehead atoms. The number of ether oxygens (including phenoxy) is 1. The number of nitrogens with one attached hydrogen (secondary N) is 2. The number of piperidine rings is 1. The fourth-order valence-corrected chi connectivity index (χ4v) is 2.33. The van der Waals surface area contributed by atoms with Crippen molar-refractivity contribution in [1.82, 2.24) is 5.32 Å². The molecule has 1 aromatic rings. The Labute approximate surface area is 139 Å². The summed E-state index contributed by atoms with van der Waals surface area (Å²) in [7, 11) is 0. The summed E-state index contributed by atoms with van der Waals surface area (Å²) in [5, 5.41) is 5.84. The number of amides is 1. The lowest BCUT2D eigenvalue weighted by molar-refractivity contribution is -0.153. The van der Waals surface area contributed by atoms with E-state index in [9.17, 15) is 18.0 Å². The molecule has 1 heterocycles. The van der Waals surface area contributed by atoms with E-state index < -0.39 is 12.8 Å². The average molecular weight is 353 g/mol. The van der Waals surface area contributed by atoms with Crippen LogP contribution < -0.4 is 15.4 Å². The van der Waals surface area contributed by atoms with E-state index in [1.165, 1.54) is 6.07 Å². The molecule has 1 amide bonds. The van der Waals surface area contributed by atoms with Crippen molar-refractivity contribution in [2.45, 2.75) is 25.9 Å². The first-order valence-corrected chi connectivity index (χ1v) is 7.17. The van der Waals surface area contributed by atoms with E-state index in [0.717, 1.165) is 31.5 Å². The van der Waals surface area contributed by atoms with E-state index in [1.54, 1.807) is 19.1 Å². The second-order valence-corrected chi connectivity index (χ2v) is 5.42. The maximum atomic E-state index is 12.3. The molecule has 8 heteroatoms. The lowest BCUT2D eigenvalue weighted by atomic mass is 9.97. The molecule has 0 unspecified atom stereocenters. The van der Waals surface area contributed by atoms with Crippen LogP contribution in [0.5, 0.6) is 5.75 Å². The predicted octanol–water partition coefficient (Wildman–Crippen LogP) is 3.30. The largest absolute Gasteiger partial charge is 0.482 e. The Bertz CT molecular complexity index is 532. The van der Waals surface area contributed by atoms with Crippen LogP contribution in [0.1, 0.15) is 18.4 Å². The SMILES string of the molecule is Cc1ccc(NC(=O)C2CCNCC2)c(OCC(F)(F)F)c1.Cl. The van der Waals surface area contributed by atoms with Gasteiger partial charge in [0.2, 0.25) is 5.91 Å². The summed E-state index contributed by atoms with van der Waals surface area (Å²) in [6.07, 6.45) is -2.98. The van der Waals surface area contributed by atoms with Gasteiger partial charge in [0.1, 0.15) is 5.75 Å². The van der Waals surface area contributed by atoms with Gasteiger partial charge in [0.05, 0.1) is 5.69 Å². The van der Waals surface area contributed by atoms with Gasteiger partial charge >= 0.3 is 6.18 Å². The van der Waals surface area contributed by atoms with Crippen LogP contribution in [0.2, 0.25) is 0 Å².